The number of amides is 1. The van der Waals surface area contributed by atoms with Crippen LogP contribution < -0.4 is 15.0 Å². The molecule has 1 aliphatic heterocycles. The lowest BCUT2D eigenvalue weighted by atomic mass is 10.2. The second kappa shape index (κ2) is 9.94. The number of ether oxygens (including phenoxy) is 1. The van der Waals surface area contributed by atoms with Crippen LogP contribution in [0.25, 0.3) is 0 Å². The highest BCUT2D eigenvalue weighted by atomic mass is 32.2. The molecule has 4 rings (SSSR count). The van der Waals surface area contributed by atoms with Crippen LogP contribution in [0, 0.1) is 6.92 Å². The molecule has 174 valence electrons. The Morgan fingerprint density at radius 3 is 2.45 bits per heavy atom. The fourth-order valence-corrected chi connectivity index (χ4v) is 6.52. The zero-order chi connectivity index (χ0) is 23.4. The number of carbonyl (C=O) groups is 1. The van der Waals surface area contributed by atoms with E-state index in [1.54, 1.807) is 29.6 Å². The molecule has 1 saturated heterocycles. The van der Waals surface area contributed by atoms with Crippen LogP contribution in [0.15, 0.2) is 64.9 Å². The molecule has 1 fully saturated rings. The number of carbonyl (C=O) groups excluding carboxylic acids is 1. The topological polar surface area (TPSA) is 78.9 Å². The van der Waals surface area contributed by atoms with Gasteiger partial charge in [-0.25, -0.2) is 8.42 Å². The molecule has 1 aromatic heterocycles. The van der Waals surface area contributed by atoms with Crippen molar-refractivity contribution in [2.24, 2.45) is 0 Å². The summed E-state index contributed by atoms with van der Waals surface area (Å²) in [5.41, 5.74) is 2.84. The summed E-state index contributed by atoms with van der Waals surface area (Å²) in [6.45, 7) is 6.43. The van der Waals surface area contributed by atoms with Gasteiger partial charge in [0, 0.05) is 37.6 Å². The van der Waals surface area contributed by atoms with E-state index < -0.39 is 15.9 Å². The SMILES string of the molecule is CCOc1ccc(NC(=O)c2sccc2S(=O)(=O)N2CCN(c3cccc(C)c3)CC2)cc1. The van der Waals surface area contributed by atoms with Crippen LogP contribution in [0.2, 0.25) is 0 Å². The van der Waals surface area contributed by atoms with E-state index >= 15 is 0 Å². The lowest BCUT2D eigenvalue weighted by Crippen LogP contribution is -2.48. The van der Waals surface area contributed by atoms with Gasteiger partial charge in [-0.2, -0.15) is 4.31 Å². The van der Waals surface area contributed by atoms with Crippen LogP contribution in [-0.2, 0) is 10.0 Å². The molecule has 0 atom stereocenters. The Labute approximate surface area is 198 Å². The minimum absolute atomic E-state index is 0.0555. The summed E-state index contributed by atoms with van der Waals surface area (Å²) in [4.78, 5) is 15.3. The molecule has 0 spiro atoms. The Kier molecular flexibility index (Phi) is 7.02. The summed E-state index contributed by atoms with van der Waals surface area (Å²) in [5, 5.41) is 4.43. The zero-order valence-electron chi connectivity index (χ0n) is 18.7. The molecule has 0 aliphatic carbocycles. The first-order valence-corrected chi connectivity index (χ1v) is 13.1. The Morgan fingerprint density at radius 1 is 1.06 bits per heavy atom. The summed E-state index contributed by atoms with van der Waals surface area (Å²) in [6.07, 6.45) is 0. The number of sulfonamides is 1. The standard InChI is InChI=1S/C24H27N3O4S2/c1-3-31-21-9-7-19(8-10-21)25-24(28)23-22(11-16-32-23)33(29,30)27-14-12-26(13-15-27)20-6-4-5-18(2)17-20/h4-11,16-17H,3,12-15H2,1-2H3,(H,25,28). The van der Waals surface area contributed by atoms with Crippen molar-refractivity contribution in [1.29, 1.82) is 0 Å². The van der Waals surface area contributed by atoms with Crippen molar-refractivity contribution in [3.05, 3.63) is 70.4 Å². The highest BCUT2D eigenvalue weighted by molar-refractivity contribution is 7.89. The number of nitrogens with one attached hydrogen (secondary N) is 1. The van der Waals surface area contributed by atoms with E-state index in [1.807, 2.05) is 32.0 Å². The van der Waals surface area contributed by atoms with Crippen molar-refractivity contribution in [1.82, 2.24) is 4.31 Å². The van der Waals surface area contributed by atoms with Crippen LogP contribution in [0.3, 0.4) is 0 Å². The number of hydrogen-bond donors (Lipinski definition) is 1. The first-order valence-electron chi connectivity index (χ1n) is 10.8. The molecule has 0 unspecified atom stereocenters. The molecule has 3 aromatic rings. The van der Waals surface area contributed by atoms with Crippen LogP contribution in [0.5, 0.6) is 5.75 Å². The molecule has 0 saturated carbocycles. The van der Waals surface area contributed by atoms with E-state index in [-0.39, 0.29) is 9.77 Å². The Morgan fingerprint density at radius 2 is 1.79 bits per heavy atom. The quantitative estimate of drug-likeness (QED) is 0.542. The maximum atomic E-state index is 13.4. The maximum absolute atomic E-state index is 13.4. The third kappa shape index (κ3) is 5.21. The largest absolute Gasteiger partial charge is 0.494 e. The van der Waals surface area contributed by atoms with E-state index in [4.69, 9.17) is 4.74 Å². The van der Waals surface area contributed by atoms with E-state index in [9.17, 15) is 13.2 Å². The van der Waals surface area contributed by atoms with Crippen molar-refractivity contribution in [2.75, 3.05) is 43.0 Å². The number of benzene rings is 2. The third-order valence-electron chi connectivity index (χ3n) is 5.48. The number of aryl methyl sites for hydroxylation is 1. The van der Waals surface area contributed by atoms with Gasteiger partial charge in [-0.3, -0.25) is 4.79 Å². The molecule has 1 N–H and O–H groups in total. The van der Waals surface area contributed by atoms with Gasteiger partial charge in [0.1, 0.15) is 15.5 Å². The molecule has 2 aromatic carbocycles. The molecule has 0 radical (unpaired) electrons. The lowest BCUT2D eigenvalue weighted by Gasteiger charge is -2.35. The number of thiophene rings is 1. The van der Waals surface area contributed by atoms with Crippen LogP contribution in [0.1, 0.15) is 22.2 Å². The van der Waals surface area contributed by atoms with Crippen LogP contribution in [0.4, 0.5) is 11.4 Å². The molecular formula is C24H27N3O4S2. The van der Waals surface area contributed by atoms with Gasteiger partial charge in [0.25, 0.3) is 5.91 Å². The smallest absolute Gasteiger partial charge is 0.267 e. The van der Waals surface area contributed by atoms with Crippen molar-refractivity contribution in [3.8, 4) is 5.75 Å². The summed E-state index contributed by atoms with van der Waals surface area (Å²) < 4.78 is 33.6. The van der Waals surface area contributed by atoms with Crippen molar-refractivity contribution >= 4 is 38.6 Å². The second-order valence-electron chi connectivity index (χ2n) is 7.76. The third-order valence-corrected chi connectivity index (χ3v) is 8.47. The summed E-state index contributed by atoms with van der Waals surface area (Å²) in [6, 6.07) is 16.7. The Bertz CT molecular complexity index is 1210. The monoisotopic (exact) mass is 485 g/mol. The van der Waals surface area contributed by atoms with Gasteiger partial charge in [-0.05, 0) is 67.3 Å². The predicted molar refractivity (Wildman–Crippen MR) is 132 cm³/mol. The Hall–Kier alpha value is -2.88. The van der Waals surface area contributed by atoms with Gasteiger partial charge in [0.05, 0.1) is 6.61 Å². The fraction of sp³-hybridized carbons (Fsp3) is 0.292. The van der Waals surface area contributed by atoms with Gasteiger partial charge in [0.15, 0.2) is 0 Å². The molecule has 1 aliphatic rings. The van der Waals surface area contributed by atoms with Gasteiger partial charge >= 0.3 is 0 Å². The predicted octanol–water partition coefficient (Wildman–Crippen LogP) is 4.22. The van der Waals surface area contributed by atoms with Crippen LogP contribution >= 0.6 is 11.3 Å². The van der Waals surface area contributed by atoms with Gasteiger partial charge in [-0.1, -0.05) is 12.1 Å². The summed E-state index contributed by atoms with van der Waals surface area (Å²) in [7, 11) is -3.78. The second-order valence-corrected chi connectivity index (χ2v) is 10.6. The van der Waals surface area contributed by atoms with E-state index in [1.165, 1.54) is 15.9 Å². The average molecular weight is 486 g/mol. The molecule has 9 heteroatoms. The first kappa shape index (κ1) is 23.3. The fourth-order valence-electron chi connectivity index (χ4n) is 3.81. The highest BCUT2D eigenvalue weighted by Crippen LogP contribution is 2.28. The molecular weight excluding hydrogens is 458 g/mol. The molecule has 7 nitrogen and oxygen atoms in total. The minimum Gasteiger partial charge on any atom is -0.494 e. The number of anilines is 2. The molecule has 33 heavy (non-hydrogen) atoms. The number of rotatable bonds is 7. The number of hydrogen-bond acceptors (Lipinski definition) is 6. The maximum Gasteiger partial charge on any atom is 0.267 e. The summed E-state index contributed by atoms with van der Waals surface area (Å²) >= 11 is 1.13. The van der Waals surface area contributed by atoms with E-state index in [0.29, 0.717) is 44.2 Å². The first-order chi connectivity index (χ1) is 15.9. The number of piperazine rings is 1. The average Bonchev–Trinajstić information content (AvgIpc) is 3.32. The minimum atomic E-state index is -3.78. The van der Waals surface area contributed by atoms with Crippen LogP contribution in [-0.4, -0.2) is 51.4 Å². The normalized spacial score (nSPS) is 14.8. The molecule has 1 amide bonds. The van der Waals surface area contributed by atoms with Gasteiger partial charge < -0.3 is 15.0 Å². The molecule has 0 bridgehead atoms. The highest BCUT2D eigenvalue weighted by Gasteiger charge is 2.32. The number of nitrogens with zero attached hydrogens (tertiary/aromatic N) is 2. The molecule has 2 heterocycles. The summed E-state index contributed by atoms with van der Waals surface area (Å²) in [5.74, 6) is 0.269. The van der Waals surface area contributed by atoms with E-state index in [2.05, 4.69) is 16.3 Å². The zero-order valence-corrected chi connectivity index (χ0v) is 20.3. The van der Waals surface area contributed by atoms with Crippen molar-refractivity contribution in [3.63, 3.8) is 0 Å². The van der Waals surface area contributed by atoms with Gasteiger partial charge in [-0.15, -0.1) is 11.3 Å². The Balaban J connectivity index is 1.45. The van der Waals surface area contributed by atoms with Crippen molar-refractivity contribution in [2.45, 2.75) is 18.7 Å². The van der Waals surface area contributed by atoms with E-state index in [0.717, 1.165) is 17.0 Å². The van der Waals surface area contributed by atoms with Crippen molar-refractivity contribution < 1.29 is 17.9 Å². The lowest BCUT2D eigenvalue weighted by molar-refractivity contribution is 0.102. The van der Waals surface area contributed by atoms with Gasteiger partial charge in [0.2, 0.25) is 10.0 Å².